The van der Waals surface area contributed by atoms with E-state index in [0.717, 1.165) is 23.5 Å². The van der Waals surface area contributed by atoms with Gasteiger partial charge >= 0.3 is 6.36 Å². The Morgan fingerprint density at radius 1 is 1.00 bits per heavy atom. The van der Waals surface area contributed by atoms with Crippen molar-refractivity contribution in [3.05, 3.63) is 90.4 Å². The van der Waals surface area contributed by atoms with Crippen LogP contribution in [0.2, 0.25) is 0 Å². The van der Waals surface area contributed by atoms with Crippen LogP contribution >= 0.6 is 0 Å². The fraction of sp³-hybridized carbons (Fsp3) is 0.0909. The first-order chi connectivity index (χ1) is 14.9. The van der Waals surface area contributed by atoms with Gasteiger partial charge in [0.05, 0.1) is 5.69 Å². The number of aromatic nitrogens is 2. The number of alkyl halides is 3. The van der Waals surface area contributed by atoms with E-state index in [1.54, 1.807) is 24.3 Å². The molecule has 0 unspecified atom stereocenters. The Morgan fingerprint density at radius 2 is 1.81 bits per heavy atom. The van der Waals surface area contributed by atoms with Crippen LogP contribution in [0.15, 0.2) is 79.1 Å². The maximum Gasteiger partial charge on any atom is 0.573 e. The van der Waals surface area contributed by atoms with Crippen molar-refractivity contribution in [2.45, 2.75) is 13.0 Å². The highest BCUT2D eigenvalue weighted by Gasteiger charge is 2.31. The maximum absolute atomic E-state index is 12.4. The predicted molar refractivity (Wildman–Crippen MR) is 107 cm³/mol. The molecule has 0 atom stereocenters. The first kappa shape index (κ1) is 20.3. The second-order valence-electron chi connectivity index (χ2n) is 6.54. The average Bonchev–Trinajstić information content (AvgIpc) is 3.15. The molecule has 2 aromatic carbocycles. The number of benzene rings is 2. The molecule has 0 aliphatic heterocycles. The highest BCUT2D eigenvalue weighted by Crippen LogP contribution is 2.24. The summed E-state index contributed by atoms with van der Waals surface area (Å²) in [5, 5.41) is 2.68. The number of imidazole rings is 1. The lowest BCUT2D eigenvalue weighted by Gasteiger charge is -2.10. The number of hydrogen-bond donors (Lipinski definition) is 1. The van der Waals surface area contributed by atoms with Gasteiger partial charge in [0.25, 0.3) is 5.91 Å². The molecule has 0 saturated heterocycles. The standard InChI is InChI=1S/C22H16F3N3O3/c23-22(24,25)31-18-9-7-15(8-10-18)21(29)27-16-4-3-5-19(12-16)30-14-17-13-28-11-2-1-6-20(28)26-17/h1-13H,14H2,(H,27,29). The first-order valence-electron chi connectivity index (χ1n) is 9.18. The van der Waals surface area contributed by atoms with Gasteiger partial charge in [-0.15, -0.1) is 13.2 Å². The first-order valence-corrected chi connectivity index (χ1v) is 9.18. The third-order valence-corrected chi connectivity index (χ3v) is 4.24. The highest BCUT2D eigenvalue weighted by atomic mass is 19.4. The number of amides is 1. The number of ether oxygens (including phenoxy) is 2. The SMILES string of the molecule is O=C(Nc1cccc(OCc2cn3ccccc3n2)c1)c1ccc(OC(F)(F)F)cc1. The molecular weight excluding hydrogens is 411 g/mol. The summed E-state index contributed by atoms with van der Waals surface area (Å²) in [4.78, 5) is 16.8. The van der Waals surface area contributed by atoms with Gasteiger partial charge in [0.1, 0.15) is 23.8 Å². The van der Waals surface area contributed by atoms with Gasteiger partial charge in [-0.25, -0.2) is 4.98 Å². The van der Waals surface area contributed by atoms with E-state index in [4.69, 9.17) is 4.74 Å². The molecule has 0 aliphatic rings. The average molecular weight is 427 g/mol. The zero-order valence-electron chi connectivity index (χ0n) is 16.0. The zero-order valence-corrected chi connectivity index (χ0v) is 16.0. The number of carbonyl (C=O) groups excluding carboxylic acids is 1. The Balaban J connectivity index is 1.38. The van der Waals surface area contributed by atoms with Crippen LogP contribution in [0.4, 0.5) is 18.9 Å². The minimum Gasteiger partial charge on any atom is -0.487 e. The van der Waals surface area contributed by atoms with E-state index < -0.39 is 18.0 Å². The van der Waals surface area contributed by atoms with Crippen LogP contribution in [-0.4, -0.2) is 21.7 Å². The predicted octanol–water partition coefficient (Wildman–Crippen LogP) is 5.06. The highest BCUT2D eigenvalue weighted by molar-refractivity contribution is 6.04. The lowest BCUT2D eigenvalue weighted by atomic mass is 10.2. The summed E-state index contributed by atoms with van der Waals surface area (Å²) in [6.45, 7) is 0.250. The fourth-order valence-corrected chi connectivity index (χ4v) is 2.89. The Kier molecular flexibility index (Phi) is 5.48. The molecule has 0 radical (unpaired) electrons. The van der Waals surface area contributed by atoms with Crippen molar-refractivity contribution < 1.29 is 27.4 Å². The largest absolute Gasteiger partial charge is 0.573 e. The Bertz CT molecular complexity index is 1170. The minimum absolute atomic E-state index is 0.186. The normalized spacial score (nSPS) is 11.3. The summed E-state index contributed by atoms with van der Waals surface area (Å²) >= 11 is 0. The van der Waals surface area contributed by atoms with Crippen LogP contribution in [-0.2, 0) is 6.61 Å². The van der Waals surface area contributed by atoms with Gasteiger partial charge in [-0.3, -0.25) is 4.79 Å². The molecule has 6 nitrogen and oxygen atoms in total. The summed E-state index contributed by atoms with van der Waals surface area (Å²) in [6, 6.07) is 17.1. The van der Waals surface area contributed by atoms with Gasteiger partial charge in [-0.05, 0) is 48.5 Å². The molecule has 2 aromatic heterocycles. The third-order valence-electron chi connectivity index (χ3n) is 4.24. The van der Waals surface area contributed by atoms with Crippen LogP contribution in [0.1, 0.15) is 16.1 Å². The van der Waals surface area contributed by atoms with Crippen LogP contribution in [0.5, 0.6) is 11.5 Å². The van der Waals surface area contributed by atoms with Crippen LogP contribution in [0.3, 0.4) is 0 Å². The number of carbonyl (C=O) groups is 1. The molecule has 0 fully saturated rings. The van der Waals surface area contributed by atoms with E-state index in [2.05, 4.69) is 15.0 Å². The lowest BCUT2D eigenvalue weighted by molar-refractivity contribution is -0.274. The number of nitrogens with one attached hydrogen (secondary N) is 1. The van der Waals surface area contributed by atoms with Crippen molar-refractivity contribution in [3.8, 4) is 11.5 Å². The molecule has 1 amide bonds. The molecule has 158 valence electrons. The van der Waals surface area contributed by atoms with E-state index in [0.29, 0.717) is 11.4 Å². The monoisotopic (exact) mass is 427 g/mol. The molecule has 1 N–H and O–H groups in total. The van der Waals surface area contributed by atoms with Crippen molar-refractivity contribution in [1.29, 1.82) is 0 Å². The Morgan fingerprint density at radius 3 is 2.55 bits per heavy atom. The van der Waals surface area contributed by atoms with Crippen LogP contribution < -0.4 is 14.8 Å². The molecule has 4 aromatic rings. The quantitative estimate of drug-likeness (QED) is 0.467. The second kappa shape index (κ2) is 8.39. The number of pyridine rings is 1. The number of hydrogen-bond acceptors (Lipinski definition) is 4. The van der Waals surface area contributed by atoms with E-state index in [9.17, 15) is 18.0 Å². The molecule has 31 heavy (non-hydrogen) atoms. The molecule has 0 aliphatic carbocycles. The minimum atomic E-state index is -4.78. The molecular formula is C22H16F3N3O3. The lowest BCUT2D eigenvalue weighted by Crippen LogP contribution is -2.17. The summed E-state index contributed by atoms with van der Waals surface area (Å²) in [5.41, 5.74) is 2.23. The van der Waals surface area contributed by atoms with Gasteiger partial charge in [-0.1, -0.05) is 12.1 Å². The Labute approximate surface area is 174 Å². The number of halogens is 3. The summed E-state index contributed by atoms with van der Waals surface area (Å²) in [6.07, 6.45) is -1.02. The summed E-state index contributed by atoms with van der Waals surface area (Å²) < 4.78 is 48.1. The van der Waals surface area contributed by atoms with E-state index in [1.807, 2.05) is 35.0 Å². The molecule has 2 heterocycles. The third kappa shape index (κ3) is 5.33. The van der Waals surface area contributed by atoms with E-state index in [-0.39, 0.29) is 12.2 Å². The van der Waals surface area contributed by atoms with E-state index in [1.165, 1.54) is 12.1 Å². The smallest absolute Gasteiger partial charge is 0.487 e. The number of nitrogens with zero attached hydrogens (tertiary/aromatic N) is 2. The number of fused-ring (bicyclic) bond motifs is 1. The van der Waals surface area contributed by atoms with Crippen molar-refractivity contribution in [2.24, 2.45) is 0 Å². The Hall–Kier alpha value is -4.01. The van der Waals surface area contributed by atoms with Gasteiger partial charge in [-0.2, -0.15) is 0 Å². The molecule has 0 saturated carbocycles. The zero-order chi connectivity index (χ0) is 21.8. The van der Waals surface area contributed by atoms with Crippen LogP contribution in [0.25, 0.3) is 5.65 Å². The van der Waals surface area contributed by atoms with Crippen LogP contribution in [0, 0.1) is 0 Å². The summed E-state index contributed by atoms with van der Waals surface area (Å²) in [5.74, 6) is -0.341. The molecule has 0 bridgehead atoms. The maximum atomic E-state index is 12.4. The number of anilines is 1. The van der Waals surface area contributed by atoms with E-state index >= 15 is 0 Å². The molecule has 9 heteroatoms. The van der Waals surface area contributed by atoms with Gasteiger partial charge < -0.3 is 19.2 Å². The molecule has 4 rings (SSSR count). The second-order valence-corrected chi connectivity index (χ2v) is 6.54. The summed E-state index contributed by atoms with van der Waals surface area (Å²) in [7, 11) is 0. The van der Waals surface area contributed by atoms with Crippen molar-refractivity contribution in [3.63, 3.8) is 0 Å². The molecule has 0 spiro atoms. The van der Waals surface area contributed by atoms with Crippen molar-refractivity contribution in [1.82, 2.24) is 9.38 Å². The van der Waals surface area contributed by atoms with Gasteiger partial charge in [0, 0.05) is 29.7 Å². The topological polar surface area (TPSA) is 64.9 Å². The van der Waals surface area contributed by atoms with Gasteiger partial charge in [0.2, 0.25) is 0 Å². The number of rotatable bonds is 6. The fourth-order valence-electron chi connectivity index (χ4n) is 2.89. The van der Waals surface area contributed by atoms with Crippen molar-refractivity contribution >= 4 is 17.2 Å². The van der Waals surface area contributed by atoms with Crippen molar-refractivity contribution in [2.75, 3.05) is 5.32 Å². The van der Waals surface area contributed by atoms with Gasteiger partial charge in [0.15, 0.2) is 0 Å².